The van der Waals surface area contributed by atoms with E-state index >= 15 is 0 Å². The second-order valence-electron chi connectivity index (χ2n) is 3.35. The fraction of sp³-hybridized carbons (Fsp3) is 0.300. The number of carbonyl (C=O) groups excluding carboxylic acids is 1. The van der Waals surface area contributed by atoms with Gasteiger partial charge in [-0.3, -0.25) is 4.79 Å². The van der Waals surface area contributed by atoms with E-state index in [9.17, 15) is 4.79 Å². The van der Waals surface area contributed by atoms with Gasteiger partial charge in [-0.15, -0.1) is 6.42 Å². The summed E-state index contributed by atoms with van der Waals surface area (Å²) in [7, 11) is 0. The number of nitrogens with zero attached hydrogens (tertiary/aromatic N) is 2. The summed E-state index contributed by atoms with van der Waals surface area (Å²) in [5.74, 6) is 2.20. The van der Waals surface area contributed by atoms with E-state index in [-0.39, 0.29) is 5.91 Å². The summed E-state index contributed by atoms with van der Waals surface area (Å²) >= 11 is 0. The van der Waals surface area contributed by atoms with E-state index in [1.165, 1.54) is 18.7 Å². The second-order valence-corrected chi connectivity index (χ2v) is 3.35. The molecular formula is C10H11N3O. The molecule has 0 bridgehead atoms. The van der Waals surface area contributed by atoms with Crippen LogP contribution in [-0.4, -0.2) is 21.4 Å². The highest BCUT2D eigenvalue weighted by Gasteiger charge is 2.17. The molecule has 1 amide bonds. The molecule has 1 rings (SSSR count). The Balaban J connectivity index is 2.75. The number of terminal acetylenes is 1. The zero-order chi connectivity index (χ0) is 10.6. The lowest BCUT2D eigenvalue weighted by Gasteiger charge is -2.19. The van der Waals surface area contributed by atoms with Crippen molar-refractivity contribution in [2.24, 2.45) is 0 Å². The zero-order valence-electron chi connectivity index (χ0n) is 8.11. The Kier molecular flexibility index (Phi) is 2.82. The lowest BCUT2D eigenvalue weighted by Crippen LogP contribution is -2.42. The molecule has 1 aromatic heterocycles. The van der Waals surface area contributed by atoms with Crippen molar-refractivity contribution in [3.8, 4) is 12.3 Å². The molecule has 0 aliphatic heterocycles. The van der Waals surface area contributed by atoms with Gasteiger partial charge in [0, 0.05) is 12.4 Å². The molecule has 0 saturated heterocycles. The Morgan fingerprint density at radius 2 is 2.07 bits per heavy atom. The van der Waals surface area contributed by atoms with Crippen LogP contribution >= 0.6 is 0 Å². The summed E-state index contributed by atoms with van der Waals surface area (Å²) in [6.45, 7) is 3.49. The Morgan fingerprint density at radius 1 is 1.50 bits per heavy atom. The quantitative estimate of drug-likeness (QED) is 0.694. The summed E-state index contributed by atoms with van der Waals surface area (Å²) in [4.78, 5) is 19.0. The van der Waals surface area contributed by atoms with Crippen molar-refractivity contribution >= 4 is 5.91 Å². The highest BCUT2D eigenvalue weighted by atomic mass is 16.1. The number of hydrogen-bond acceptors (Lipinski definition) is 3. The van der Waals surface area contributed by atoms with Gasteiger partial charge in [-0.05, 0) is 13.8 Å². The molecule has 1 heterocycles. The molecule has 4 heteroatoms. The first-order valence-corrected chi connectivity index (χ1v) is 4.10. The molecule has 0 radical (unpaired) electrons. The molecule has 0 fully saturated rings. The van der Waals surface area contributed by atoms with Crippen LogP contribution in [-0.2, 0) is 0 Å². The van der Waals surface area contributed by atoms with Gasteiger partial charge in [-0.1, -0.05) is 5.92 Å². The normalized spacial score (nSPS) is 10.4. The van der Waals surface area contributed by atoms with E-state index in [0.29, 0.717) is 5.56 Å². The van der Waals surface area contributed by atoms with Gasteiger partial charge in [0.25, 0.3) is 5.91 Å². The van der Waals surface area contributed by atoms with Gasteiger partial charge in [0.2, 0.25) is 0 Å². The molecule has 0 saturated carbocycles. The van der Waals surface area contributed by atoms with E-state index in [1.54, 1.807) is 13.8 Å². The monoisotopic (exact) mass is 189 g/mol. The smallest absolute Gasteiger partial charge is 0.255 e. The summed E-state index contributed by atoms with van der Waals surface area (Å²) in [5.41, 5.74) is -0.261. The van der Waals surface area contributed by atoms with Crippen LogP contribution < -0.4 is 5.32 Å². The third-order valence-electron chi connectivity index (χ3n) is 1.61. The van der Waals surface area contributed by atoms with Gasteiger partial charge in [-0.25, -0.2) is 9.97 Å². The topological polar surface area (TPSA) is 54.9 Å². The van der Waals surface area contributed by atoms with Gasteiger partial charge < -0.3 is 5.32 Å². The Morgan fingerprint density at radius 3 is 2.57 bits per heavy atom. The van der Waals surface area contributed by atoms with Crippen LogP contribution in [0.15, 0.2) is 18.7 Å². The first-order chi connectivity index (χ1) is 6.55. The molecule has 0 aliphatic carbocycles. The van der Waals surface area contributed by atoms with Crippen LogP contribution in [0, 0.1) is 12.3 Å². The van der Waals surface area contributed by atoms with Gasteiger partial charge in [0.15, 0.2) is 0 Å². The van der Waals surface area contributed by atoms with Crippen molar-refractivity contribution in [1.29, 1.82) is 0 Å². The average Bonchev–Trinajstić information content (AvgIpc) is 2.19. The van der Waals surface area contributed by atoms with Crippen LogP contribution in [0.3, 0.4) is 0 Å². The first kappa shape index (κ1) is 10.2. The molecule has 0 unspecified atom stereocenters. The predicted octanol–water partition coefficient (Wildman–Crippen LogP) is 0.618. The largest absolute Gasteiger partial charge is 0.336 e. The van der Waals surface area contributed by atoms with E-state index in [2.05, 4.69) is 21.2 Å². The van der Waals surface area contributed by atoms with Crippen LogP contribution in [0.4, 0.5) is 0 Å². The van der Waals surface area contributed by atoms with Gasteiger partial charge in [0.05, 0.1) is 11.1 Å². The van der Waals surface area contributed by atoms with Crippen molar-refractivity contribution in [1.82, 2.24) is 15.3 Å². The number of carbonyl (C=O) groups is 1. The standard InChI is InChI=1S/C10H11N3O/c1-4-10(2,3)13-9(14)8-5-11-7-12-6-8/h1,5-7H,2-3H3,(H,13,14). The molecule has 72 valence electrons. The van der Waals surface area contributed by atoms with E-state index in [0.717, 1.165) is 0 Å². The molecule has 0 spiro atoms. The molecule has 1 N–H and O–H groups in total. The molecular weight excluding hydrogens is 178 g/mol. The van der Waals surface area contributed by atoms with E-state index in [1.807, 2.05) is 0 Å². The fourth-order valence-corrected chi connectivity index (χ4v) is 0.808. The lowest BCUT2D eigenvalue weighted by atomic mass is 10.1. The lowest BCUT2D eigenvalue weighted by molar-refractivity contribution is 0.0929. The van der Waals surface area contributed by atoms with Crippen molar-refractivity contribution in [2.75, 3.05) is 0 Å². The van der Waals surface area contributed by atoms with Gasteiger partial charge in [0.1, 0.15) is 6.33 Å². The zero-order valence-corrected chi connectivity index (χ0v) is 8.11. The van der Waals surface area contributed by atoms with Gasteiger partial charge in [-0.2, -0.15) is 0 Å². The van der Waals surface area contributed by atoms with Crippen molar-refractivity contribution in [3.05, 3.63) is 24.3 Å². The fourth-order valence-electron chi connectivity index (χ4n) is 0.808. The maximum atomic E-state index is 11.5. The molecule has 14 heavy (non-hydrogen) atoms. The minimum Gasteiger partial charge on any atom is -0.336 e. The van der Waals surface area contributed by atoms with Crippen LogP contribution in [0.1, 0.15) is 24.2 Å². The summed E-state index contributed by atoms with van der Waals surface area (Å²) in [6, 6.07) is 0. The van der Waals surface area contributed by atoms with Crippen LogP contribution in [0.5, 0.6) is 0 Å². The predicted molar refractivity (Wildman–Crippen MR) is 52.4 cm³/mol. The Labute approximate surface area is 82.8 Å². The van der Waals surface area contributed by atoms with E-state index < -0.39 is 5.54 Å². The van der Waals surface area contributed by atoms with Crippen molar-refractivity contribution < 1.29 is 4.79 Å². The van der Waals surface area contributed by atoms with Crippen LogP contribution in [0.25, 0.3) is 0 Å². The number of rotatable bonds is 2. The Bertz CT molecular complexity index is 365. The minimum absolute atomic E-state index is 0.270. The summed E-state index contributed by atoms with van der Waals surface area (Å²) < 4.78 is 0. The number of hydrogen-bond donors (Lipinski definition) is 1. The molecule has 0 aliphatic rings. The maximum absolute atomic E-state index is 11.5. The third-order valence-corrected chi connectivity index (χ3v) is 1.61. The van der Waals surface area contributed by atoms with Crippen LogP contribution in [0.2, 0.25) is 0 Å². The molecule has 0 atom stereocenters. The van der Waals surface area contributed by atoms with E-state index in [4.69, 9.17) is 6.42 Å². The summed E-state index contributed by atoms with van der Waals surface area (Å²) in [5, 5.41) is 2.67. The van der Waals surface area contributed by atoms with Gasteiger partial charge >= 0.3 is 0 Å². The highest BCUT2D eigenvalue weighted by Crippen LogP contribution is 2.02. The molecule has 0 aromatic carbocycles. The molecule has 4 nitrogen and oxygen atoms in total. The average molecular weight is 189 g/mol. The third kappa shape index (κ3) is 2.56. The Hall–Kier alpha value is -1.89. The summed E-state index contributed by atoms with van der Waals surface area (Å²) in [6.07, 6.45) is 9.48. The maximum Gasteiger partial charge on any atom is 0.255 e. The second kappa shape index (κ2) is 3.88. The minimum atomic E-state index is -0.660. The SMILES string of the molecule is C#CC(C)(C)NC(=O)c1cncnc1. The molecule has 1 aromatic rings. The first-order valence-electron chi connectivity index (χ1n) is 4.10. The highest BCUT2D eigenvalue weighted by molar-refractivity contribution is 5.94. The van der Waals surface area contributed by atoms with Crippen molar-refractivity contribution in [2.45, 2.75) is 19.4 Å². The number of amides is 1. The number of nitrogens with one attached hydrogen (secondary N) is 1. The van der Waals surface area contributed by atoms with Crippen molar-refractivity contribution in [3.63, 3.8) is 0 Å². The number of aromatic nitrogens is 2.